The quantitative estimate of drug-likeness (QED) is 0.845. The van der Waals surface area contributed by atoms with Crippen molar-refractivity contribution in [1.82, 2.24) is 15.5 Å². The SMILES string of the molecule is CCCNC(CC)c1nnc(-c2ccc(C)c(OC)c2)o1. The summed E-state index contributed by atoms with van der Waals surface area (Å²) in [6, 6.07) is 5.99. The van der Waals surface area contributed by atoms with Gasteiger partial charge in [-0.15, -0.1) is 10.2 Å². The van der Waals surface area contributed by atoms with E-state index in [1.807, 2.05) is 25.1 Å². The van der Waals surface area contributed by atoms with E-state index in [2.05, 4.69) is 29.4 Å². The summed E-state index contributed by atoms with van der Waals surface area (Å²) < 4.78 is 11.2. The molecule has 0 saturated carbocycles. The monoisotopic (exact) mass is 289 g/mol. The molecule has 0 aliphatic rings. The predicted octanol–water partition coefficient (Wildman–Crippen LogP) is 3.50. The summed E-state index contributed by atoms with van der Waals surface area (Å²) in [5, 5.41) is 11.7. The van der Waals surface area contributed by atoms with E-state index in [9.17, 15) is 0 Å². The average Bonchev–Trinajstić information content (AvgIpc) is 2.98. The third kappa shape index (κ3) is 3.61. The Labute approximate surface area is 125 Å². The third-order valence-electron chi connectivity index (χ3n) is 3.44. The summed E-state index contributed by atoms with van der Waals surface area (Å²) in [7, 11) is 1.66. The number of benzene rings is 1. The van der Waals surface area contributed by atoms with Crippen LogP contribution in [0.5, 0.6) is 5.75 Å². The fourth-order valence-electron chi connectivity index (χ4n) is 2.17. The molecular weight excluding hydrogens is 266 g/mol. The van der Waals surface area contributed by atoms with Gasteiger partial charge in [-0.3, -0.25) is 0 Å². The first-order chi connectivity index (χ1) is 10.2. The lowest BCUT2D eigenvalue weighted by Gasteiger charge is -2.11. The number of hydrogen-bond donors (Lipinski definition) is 1. The van der Waals surface area contributed by atoms with Crippen LogP contribution >= 0.6 is 0 Å². The summed E-state index contributed by atoms with van der Waals surface area (Å²) in [5.74, 6) is 1.99. The minimum Gasteiger partial charge on any atom is -0.496 e. The molecule has 1 N–H and O–H groups in total. The maximum Gasteiger partial charge on any atom is 0.247 e. The van der Waals surface area contributed by atoms with Gasteiger partial charge in [0, 0.05) is 5.56 Å². The van der Waals surface area contributed by atoms with Gasteiger partial charge in [0.1, 0.15) is 5.75 Å². The molecule has 1 aromatic heterocycles. The Morgan fingerprint density at radius 2 is 2.10 bits per heavy atom. The van der Waals surface area contributed by atoms with E-state index >= 15 is 0 Å². The molecule has 1 heterocycles. The van der Waals surface area contributed by atoms with Gasteiger partial charge in [0.05, 0.1) is 13.2 Å². The Morgan fingerprint density at radius 1 is 1.29 bits per heavy atom. The van der Waals surface area contributed by atoms with Gasteiger partial charge < -0.3 is 14.5 Å². The van der Waals surface area contributed by atoms with E-state index < -0.39 is 0 Å². The molecule has 0 radical (unpaired) electrons. The van der Waals surface area contributed by atoms with Crippen LogP contribution in [0.4, 0.5) is 0 Å². The number of hydrogen-bond acceptors (Lipinski definition) is 5. The Hall–Kier alpha value is -1.88. The van der Waals surface area contributed by atoms with Crippen molar-refractivity contribution in [2.75, 3.05) is 13.7 Å². The molecule has 1 aromatic carbocycles. The van der Waals surface area contributed by atoms with Gasteiger partial charge in [0.2, 0.25) is 11.8 Å². The van der Waals surface area contributed by atoms with Crippen LogP contribution < -0.4 is 10.1 Å². The molecule has 0 saturated heterocycles. The van der Waals surface area contributed by atoms with Gasteiger partial charge in [-0.2, -0.15) is 0 Å². The molecule has 2 rings (SSSR count). The number of aryl methyl sites for hydroxylation is 1. The van der Waals surface area contributed by atoms with Crippen molar-refractivity contribution < 1.29 is 9.15 Å². The van der Waals surface area contributed by atoms with E-state index in [-0.39, 0.29) is 6.04 Å². The van der Waals surface area contributed by atoms with E-state index in [0.29, 0.717) is 11.8 Å². The second kappa shape index (κ2) is 7.22. The lowest BCUT2D eigenvalue weighted by molar-refractivity contribution is 0.395. The van der Waals surface area contributed by atoms with Gasteiger partial charge in [-0.05, 0) is 44.0 Å². The minimum absolute atomic E-state index is 0.110. The first kappa shape index (κ1) is 15.5. The molecule has 0 aliphatic heterocycles. The van der Waals surface area contributed by atoms with Gasteiger partial charge in [0.15, 0.2) is 0 Å². The van der Waals surface area contributed by atoms with Gasteiger partial charge in [-0.25, -0.2) is 0 Å². The molecule has 0 fully saturated rings. The number of nitrogens with one attached hydrogen (secondary N) is 1. The molecule has 1 atom stereocenters. The molecule has 5 nitrogen and oxygen atoms in total. The molecule has 0 bridgehead atoms. The smallest absolute Gasteiger partial charge is 0.247 e. The van der Waals surface area contributed by atoms with Crippen molar-refractivity contribution in [1.29, 1.82) is 0 Å². The van der Waals surface area contributed by atoms with Crippen LogP contribution in [-0.4, -0.2) is 23.9 Å². The van der Waals surface area contributed by atoms with E-state index in [1.165, 1.54) is 0 Å². The van der Waals surface area contributed by atoms with Gasteiger partial charge >= 0.3 is 0 Å². The van der Waals surface area contributed by atoms with E-state index in [4.69, 9.17) is 9.15 Å². The summed E-state index contributed by atoms with van der Waals surface area (Å²) >= 11 is 0. The van der Waals surface area contributed by atoms with Gasteiger partial charge in [-0.1, -0.05) is 19.9 Å². The van der Waals surface area contributed by atoms with Crippen LogP contribution in [0.25, 0.3) is 11.5 Å². The summed E-state index contributed by atoms with van der Waals surface area (Å²) in [6.07, 6.45) is 1.99. The van der Waals surface area contributed by atoms with Crippen molar-refractivity contribution in [3.63, 3.8) is 0 Å². The van der Waals surface area contributed by atoms with Crippen LogP contribution in [-0.2, 0) is 0 Å². The van der Waals surface area contributed by atoms with Crippen LogP contribution in [0.1, 0.15) is 44.2 Å². The van der Waals surface area contributed by atoms with E-state index in [1.54, 1.807) is 7.11 Å². The Kier molecular flexibility index (Phi) is 5.33. The maximum absolute atomic E-state index is 5.82. The fourth-order valence-corrected chi connectivity index (χ4v) is 2.17. The van der Waals surface area contributed by atoms with Gasteiger partial charge in [0.25, 0.3) is 0 Å². The van der Waals surface area contributed by atoms with Crippen LogP contribution in [0.2, 0.25) is 0 Å². The second-order valence-electron chi connectivity index (χ2n) is 5.04. The van der Waals surface area contributed by atoms with Crippen molar-refractivity contribution in [3.8, 4) is 17.2 Å². The van der Waals surface area contributed by atoms with Crippen molar-refractivity contribution >= 4 is 0 Å². The largest absolute Gasteiger partial charge is 0.496 e. The zero-order valence-corrected chi connectivity index (χ0v) is 13.1. The molecule has 2 aromatic rings. The number of ether oxygens (including phenoxy) is 1. The number of nitrogens with zero attached hydrogens (tertiary/aromatic N) is 2. The minimum atomic E-state index is 0.110. The number of aromatic nitrogens is 2. The zero-order chi connectivity index (χ0) is 15.2. The zero-order valence-electron chi connectivity index (χ0n) is 13.1. The lowest BCUT2D eigenvalue weighted by Crippen LogP contribution is -2.21. The average molecular weight is 289 g/mol. The Bertz CT molecular complexity index is 581. The maximum atomic E-state index is 5.82. The molecule has 1 unspecified atom stereocenters. The predicted molar refractivity (Wildman–Crippen MR) is 82.3 cm³/mol. The molecular formula is C16H23N3O2. The Morgan fingerprint density at radius 3 is 2.76 bits per heavy atom. The van der Waals surface area contributed by atoms with Crippen LogP contribution in [0.3, 0.4) is 0 Å². The van der Waals surface area contributed by atoms with Crippen molar-refractivity contribution in [3.05, 3.63) is 29.7 Å². The highest BCUT2D eigenvalue weighted by Gasteiger charge is 2.17. The van der Waals surface area contributed by atoms with E-state index in [0.717, 1.165) is 36.3 Å². The number of methoxy groups -OCH3 is 1. The highest BCUT2D eigenvalue weighted by molar-refractivity contribution is 5.57. The molecule has 114 valence electrons. The standard InChI is InChI=1S/C16H23N3O2/c1-5-9-17-13(6-2)16-19-18-15(21-16)12-8-7-11(3)14(10-12)20-4/h7-8,10,13,17H,5-6,9H2,1-4H3. The highest BCUT2D eigenvalue weighted by atomic mass is 16.5. The third-order valence-corrected chi connectivity index (χ3v) is 3.44. The molecule has 0 spiro atoms. The molecule has 5 heteroatoms. The van der Waals surface area contributed by atoms with Crippen LogP contribution in [0, 0.1) is 6.92 Å². The number of rotatable bonds is 7. The Balaban J connectivity index is 2.22. The molecule has 0 aliphatic carbocycles. The summed E-state index contributed by atoms with van der Waals surface area (Å²) in [6.45, 7) is 7.18. The molecule has 21 heavy (non-hydrogen) atoms. The fraction of sp³-hybridized carbons (Fsp3) is 0.500. The van der Waals surface area contributed by atoms with Crippen molar-refractivity contribution in [2.45, 2.75) is 39.7 Å². The van der Waals surface area contributed by atoms with Crippen molar-refractivity contribution in [2.24, 2.45) is 0 Å². The normalized spacial score (nSPS) is 12.4. The van der Waals surface area contributed by atoms with Crippen LogP contribution in [0.15, 0.2) is 22.6 Å². The lowest BCUT2D eigenvalue weighted by atomic mass is 10.1. The summed E-state index contributed by atoms with van der Waals surface area (Å²) in [4.78, 5) is 0. The second-order valence-corrected chi connectivity index (χ2v) is 5.04. The molecule has 0 amide bonds. The topological polar surface area (TPSA) is 60.2 Å². The first-order valence-electron chi connectivity index (χ1n) is 7.41. The summed E-state index contributed by atoms with van der Waals surface area (Å²) in [5.41, 5.74) is 1.96. The first-order valence-corrected chi connectivity index (χ1v) is 7.41. The highest BCUT2D eigenvalue weighted by Crippen LogP contribution is 2.27.